The van der Waals surface area contributed by atoms with Crippen LogP contribution in [0.3, 0.4) is 0 Å². The molecule has 0 N–H and O–H groups in total. The lowest BCUT2D eigenvalue weighted by Crippen LogP contribution is -2.19. The van der Waals surface area contributed by atoms with Gasteiger partial charge in [0, 0.05) is 13.2 Å². The van der Waals surface area contributed by atoms with E-state index in [9.17, 15) is 0 Å². The van der Waals surface area contributed by atoms with Gasteiger partial charge < -0.3 is 9.47 Å². The third kappa shape index (κ3) is 5.19. The molecule has 0 amide bonds. The van der Waals surface area contributed by atoms with Crippen LogP contribution >= 0.6 is 0 Å². The van der Waals surface area contributed by atoms with E-state index < -0.39 is 0 Å². The summed E-state index contributed by atoms with van der Waals surface area (Å²) in [5.74, 6) is 0.836. The molecule has 0 aliphatic heterocycles. The molecule has 0 spiro atoms. The lowest BCUT2D eigenvalue weighted by Gasteiger charge is -2.24. The summed E-state index contributed by atoms with van der Waals surface area (Å²) in [5, 5.41) is 0. The lowest BCUT2D eigenvalue weighted by atomic mass is 9.86. The predicted octanol–water partition coefficient (Wildman–Crippen LogP) is 3.45. The molecule has 0 unspecified atom stereocenters. The molecule has 2 nitrogen and oxygen atoms in total. The highest BCUT2D eigenvalue weighted by atomic mass is 16.5. The highest BCUT2D eigenvalue weighted by Gasteiger charge is 2.16. The molecule has 1 saturated carbocycles. The van der Waals surface area contributed by atoms with Crippen molar-refractivity contribution in [1.29, 1.82) is 0 Å². The van der Waals surface area contributed by atoms with E-state index >= 15 is 0 Å². The summed E-state index contributed by atoms with van der Waals surface area (Å²) in [4.78, 5) is 0. The normalized spacial score (nSPS) is 15.6. The number of hydrogen-bond donors (Lipinski definition) is 0. The Bertz CT molecular complexity index is 306. The number of aryl methyl sites for hydroxylation is 1. The van der Waals surface area contributed by atoms with Gasteiger partial charge in [-0.1, -0.05) is 36.8 Å². The van der Waals surface area contributed by atoms with Gasteiger partial charge >= 0.3 is 0 Å². The van der Waals surface area contributed by atoms with Crippen LogP contribution in [0, 0.1) is 5.92 Å². The van der Waals surface area contributed by atoms with Crippen LogP contribution in [0.15, 0.2) is 30.3 Å². The Kier molecular flexibility index (Phi) is 6.24. The molecule has 1 fully saturated rings. The molecule has 1 aliphatic carbocycles. The van der Waals surface area contributed by atoms with Crippen LogP contribution in [0.25, 0.3) is 0 Å². The molecule has 1 aromatic rings. The molecule has 0 heterocycles. The first-order valence-electron chi connectivity index (χ1n) is 7.14. The summed E-state index contributed by atoms with van der Waals surface area (Å²) >= 11 is 0. The van der Waals surface area contributed by atoms with Gasteiger partial charge in [0.2, 0.25) is 0 Å². The van der Waals surface area contributed by atoms with Crippen molar-refractivity contribution in [3.05, 3.63) is 35.9 Å². The largest absolute Gasteiger partial charge is 0.379 e. The minimum atomic E-state index is 0.738. The first-order valence-corrected chi connectivity index (χ1v) is 7.14. The Morgan fingerprint density at radius 3 is 2.44 bits per heavy atom. The summed E-state index contributed by atoms with van der Waals surface area (Å²) in [5.41, 5.74) is 1.39. The molecule has 100 valence electrons. The molecule has 2 rings (SSSR count). The van der Waals surface area contributed by atoms with Crippen LogP contribution in [0.5, 0.6) is 0 Å². The number of hydrogen-bond acceptors (Lipinski definition) is 2. The maximum Gasteiger partial charge on any atom is 0.0700 e. The summed E-state index contributed by atoms with van der Waals surface area (Å²) in [6.07, 6.45) is 6.30. The van der Waals surface area contributed by atoms with Crippen molar-refractivity contribution < 1.29 is 9.47 Å². The molecular weight excluding hydrogens is 224 g/mol. The number of ether oxygens (including phenoxy) is 2. The van der Waals surface area contributed by atoms with Gasteiger partial charge in [0.1, 0.15) is 0 Å². The molecule has 2 heteroatoms. The summed E-state index contributed by atoms with van der Waals surface area (Å²) in [6, 6.07) is 10.6. The molecule has 0 saturated heterocycles. The first kappa shape index (κ1) is 13.6. The topological polar surface area (TPSA) is 18.5 Å². The zero-order chi connectivity index (χ0) is 12.5. The highest BCUT2D eigenvalue weighted by Crippen LogP contribution is 2.26. The second-order valence-electron chi connectivity index (χ2n) is 5.07. The Hall–Kier alpha value is -0.860. The summed E-state index contributed by atoms with van der Waals surface area (Å²) < 4.78 is 11.1. The minimum Gasteiger partial charge on any atom is -0.379 e. The van der Waals surface area contributed by atoms with Crippen LogP contribution in [-0.4, -0.2) is 26.4 Å². The van der Waals surface area contributed by atoms with Crippen molar-refractivity contribution >= 4 is 0 Å². The molecule has 0 atom stereocenters. The van der Waals surface area contributed by atoms with Gasteiger partial charge in [0.05, 0.1) is 13.2 Å². The standard InChI is InChI=1S/C16H24O2/c1-2-6-15(7-3-1)10-5-11-17-12-13-18-14-16-8-4-9-16/h1-3,6-7,16H,4-5,8-14H2. The third-order valence-electron chi connectivity index (χ3n) is 3.55. The van der Waals surface area contributed by atoms with Crippen LogP contribution in [0.1, 0.15) is 31.2 Å². The van der Waals surface area contributed by atoms with E-state index in [1.54, 1.807) is 0 Å². The molecule has 1 aromatic carbocycles. The fraction of sp³-hybridized carbons (Fsp3) is 0.625. The average Bonchev–Trinajstić information content (AvgIpc) is 2.36. The maximum absolute atomic E-state index is 5.58. The maximum atomic E-state index is 5.58. The number of rotatable bonds is 9. The Labute approximate surface area is 110 Å². The Morgan fingerprint density at radius 1 is 0.944 bits per heavy atom. The summed E-state index contributed by atoms with van der Waals surface area (Å²) in [6.45, 7) is 3.26. The van der Waals surface area contributed by atoms with Gasteiger partial charge in [-0.2, -0.15) is 0 Å². The van der Waals surface area contributed by atoms with Gasteiger partial charge in [-0.3, -0.25) is 0 Å². The fourth-order valence-corrected chi connectivity index (χ4v) is 2.15. The Balaban J connectivity index is 1.37. The average molecular weight is 248 g/mol. The molecule has 0 radical (unpaired) electrons. The lowest BCUT2D eigenvalue weighted by molar-refractivity contribution is 0.0200. The predicted molar refractivity (Wildman–Crippen MR) is 73.7 cm³/mol. The van der Waals surface area contributed by atoms with E-state index in [4.69, 9.17) is 9.47 Å². The zero-order valence-electron chi connectivity index (χ0n) is 11.1. The van der Waals surface area contributed by atoms with Gasteiger partial charge in [-0.15, -0.1) is 0 Å². The van der Waals surface area contributed by atoms with E-state index in [1.165, 1.54) is 24.8 Å². The van der Waals surface area contributed by atoms with E-state index in [2.05, 4.69) is 30.3 Å². The van der Waals surface area contributed by atoms with E-state index in [0.717, 1.165) is 45.2 Å². The third-order valence-corrected chi connectivity index (χ3v) is 3.55. The highest BCUT2D eigenvalue weighted by molar-refractivity contribution is 5.14. The van der Waals surface area contributed by atoms with E-state index in [0.29, 0.717) is 0 Å². The van der Waals surface area contributed by atoms with Crippen LogP contribution in [0.4, 0.5) is 0 Å². The van der Waals surface area contributed by atoms with E-state index in [1.807, 2.05) is 0 Å². The molecule has 18 heavy (non-hydrogen) atoms. The second-order valence-corrected chi connectivity index (χ2v) is 5.07. The minimum absolute atomic E-state index is 0.738. The zero-order valence-corrected chi connectivity index (χ0v) is 11.1. The van der Waals surface area contributed by atoms with Gasteiger partial charge in [0.15, 0.2) is 0 Å². The van der Waals surface area contributed by atoms with Crippen molar-refractivity contribution in [2.24, 2.45) is 5.92 Å². The number of benzene rings is 1. The molecule has 0 bridgehead atoms. The van der Waals surface area contributed by atoms with Gasteiger partial charge in [-0.05, 0) is 37.2 Å². The van der Waals surface area contributed by atoms with E-state index in [-0.39, 0.29) is 0 Å². The van der Waals surface area contributed by atoms with Gasteiger partial charge in [0.25, 0.3) is 0 Å². The second kappa shape index (κ2) is 8.28. The molecule has 1 aliphatic rings. The van der Waals surface area contributed by atoms with Crippen LogP contribution in [-0.2, 0) is 15.9 Å². The fourth-order valence-electron chi connectivity index (χ4n) is 2.15. The first-order chi connectivity index (χ1) is 8.95. The van der Waals surface area contributed by atoms with Crippen molar-refractivity contribution in [3.8, 4) is 0 Å². The van der Waals surface area contributed by atoms with Crippen LogP contribution < -0.4 is 0 Å². The van der Waals surface area contributed by atoms with Gasteiger partial charge in [-0.25, -0.2) is 0 Å². The quantitative estimate of drug-likeness (QED) is 0.623. The Morgan fingerprint density at radius 2 is 1.72 bits per heavy atom. The van der Waals surface area contributed by atoms with Crippen molar-refractivity contribution in [2.75, 3.05) is 26.4 Å². The van der Waals surface area contributed by atoms with Crippen molar-refractivity contribution in [3.63, 3.8) is 0 Å². The van der Waals surface area contributed by atoms with Crippen molar-refractivity contribution in [1.82, 2.24) is 0 Å². The van der Waals surface area contributed by atoms with Crippen LogP contribution in [0.2, 0.25) is 0 Å². The molecular formula is C16H24O2. The SMILES string of the molecule is c1ccc(CCCOCCOCC2CCC2)cc1. The smallest absolute Gasteiger partial charge is 0.0700 e. The van der Waals surface area contributed by atoms with Crippen molar-refractivity contribution in [2.45, 2.75) is 32.1 Å². The molecule has 0 aromatic heterocycles. The monoisotopic (exact) mass is 248 g/mol. The summed E-state index contributed by atoms with van der Waals surface area (Å²) in [7, 11) is 0.